The Balaban J connectivity index is 2.14. The van der Waals surface area contributed by atoms with Crippen LogP contribution in [0, 0.1) is 0 Å². The van der Waals surface area contributed by atoms with E-state index in [9.17, 15) is 24.5 Å². The Kier molecular flexibility index (Phi) is 4.93. The summed E-state index contributed by atoms with van der Waals surface area (Å²) in [4.78, 5) is 30.0. The normalized spacial score (nSPS) is 30.9. The number of carbonyl (C=O) groups is 1. The Morgan fingerprint density at radius 3 is 2.73 bits per heavy atom. The molecule has 0 saturated carbocycles. The molecule has 2 heterocycles. The van der Waals surface area contributed by atoms with Crippen molar-refractivity contribution < 1.29 is 48.3 Å². The molecule has 4 N–H and O–H groups in total. The zero-order chi connectivity index (χ0) is 16.5. The molecule has 1 aliphatic heterocycles. The summed E-state index contributed by atoms with van der Waals surface area (Å²) < 4.78 is 21.2. The average Bonchev–Trinajstić information content (AvgIpc) is 2.72. The molecule has 1 aromatic heterocycles. The molecule has 1 aliphatic rings. The van der Waals surface area contributed by atoms with Crippen molar-refractivity contribution in [3.8, 4) is 0 Å². The number of carboxylic acids is 1. The molecule has 0 bridgehead atoms. The van der Waals surface area contributed by atoms with Crippen LogP contribution in [0.2, 0.25) is 0 Å². The zero-order valence-electron chi connectivity index (χ0n) is 11.1. The van der Waals surface area contributed by atoms with Crippen molar-refractivity contribution >= 4 is 13.8 Å². The lowest BCUT2D eigenvalue weighted by atomic mass is 10.1. The summed E-state index contributed by atoms with van der Waals surface area (Å²) in [5.41, 5.74) is -0.0630. The van der Waals surface area contributed by atoms with Gasteiger partial charge in [0.1, 0.15) is 17.8 Å². The van der Waals surface area contributed by atoms with E-state index < -0.39 is 44.9 Å². The summed E-state index contributed by atoms with van der Waals surface area (Å²) in [5.74, 6) is -1.19. The largest absolute Gasteiger partial charge is 0.756 e. The second-order valence-corrected chi connectivity index (χ2v) is 5.85. The van der Waals surface area contributed by atoms with Crippen LogP contribution in [-0.2, 0) is 13.8 Å². The van der Waals surface area contributed by atoms with Crippen molar-refractivity contribution in [3.63, 3.8) is 0 Å². The van der Waals surface area contributed by atoms with E-state index in [1.54, 1.807) is 0 Å². The molecule has 122 valence electrons. The van der Waals surface area contributed by atoms with Crippen LogP contribution >= 0.6 is 7.82 Å². The number of aromatic nitrogens is 1. The number of hydrogen-bond acceptors (Lipinski definition) is 7. The number of nitrogens with zero attached hydrogens (tertiary/aromatic N) is 1. The molecule has 22 heavy (non-hydrogen) atoms. The van der Waals surface area contributed by atoms with Gasteiger partial charge in [-0.15, -0.1) is 0 Å². The number of ether oxygens (including phenoxy) is 1. The lowest BCUT2D eigenvalue weighted by Gasteiger charge is -2.19. The van der Waals surface area contributed by atoms with E-state index in [4.69, 9.17) is 14.7 Å². The highest BCUT2D eigenvalue weighted by molar-refractivity contribution is 7.44. The molecule has 0 aliphatic carbocycles. The van der Waals surface area contributed by atoms with Crippen LogP contribution in [-0.4, -0.2) is 51.1 Å². The number of phosphoric acid groups is 1. The molecular formula is C11H14NO9P. The zero-order valence-corrected chi connectivity index (χ0v) is 11.9. The minimum absolute atomic E-state index is 0.0630. The van der Waals surface area contributed by atoms with E-state index >= 15 is 0 Å². The predicted octanol–water partition coefficient (Wildman–Crippen LogP) is -2.23. The number of aliphatic hydroxyl groups excluding tert-OH is 2. The fraction of sp³-hybridized carbons (Fsp3) is 0.455. The molecule has 2 rings (SSSR count). The van der Waals surface area contributed by atoms with Gasteiger partial charge < -0.3 is 34.4 Å². The average molecular weight is 335 g/mol. The standard InChI is InChI=1S/C11H14NO9P/c13-8-7(5-20-22(17,18)19)21-10(9(8)14)12-3-1-2-6(4-12)11(15)16/h1-4,7-10,13-14H,5H2,(H2-,15,16,17,18,19)/t7-,8?,9+,10-/m1/s1. The van der Waals surface area contributed by atoms with E-state index in [0.717, 1.165) is 0 Å². The van der Waals surface area contributed by atoms with E-state index in [1.165, 1.54) is 29.1 Å². The van der Waals surface area contributed by atoms with E-state index in [2.05, 4.69) is 4.52 Å². The third-order valence-electron chi connectivity index (χ3n) is 3.10. The molecule has 0 aromatic carbocycles. The summed E-state index contributed by atoms with van der Waals surface area (Å²) >= 11 is 0. The third kappa shape index (κ3) is 3.87. The Hall–Kier alpha value is -1.39. The van der Waals surface area contributed by atoms with Gasteiger partial charge in [-0.05, 0) is 6.07 Å². The van der Waals surface area contributed by atoms with Gasteiger partial charge in [-0.2, -0.15) is 4.57 Å². The molecule has 0 spiro atoms. The minimum Gasteiger partial charge on any atom is -0.756 e. The molecule has 5 atom stereocenters. The Bertz CT molecular complexity index is 603. The van der Waals surface area contributed by atoms with Crippen molar-refractivity contribution in [3.05, 3.63) is 30.1 Å². The molecular weight excluding hydrogens is 321 g/mol. The quantitative estimate of drug-likeness (QED) is 0.345. The van der Waals surface area contributed by atoms with Crippen LogP contribution in [0.1, 0.15) is 16.6 Å². The summed E-state index contributed by atoms with van der Waals surface area (Å²) in [6.45, 7) is -0.689. The first-order chi connectivity index (χ1) is 10.2. The molecule has 2 unspecified atom stereocenters. The molecule has 0 radical (unpaired) electrons. The second-order valence-electron chi connectivity index (χ2n) is 4.66. The van der Waals surface area contributed by atoms with Crippen LogP contribution in [0.4, 0.5) is 0 Å². The molecule has 11 heteroatoms. The predicted molar refractivity (Wildman–Crippen MR) is 65.3 cm³/mol. The molecule has 0 amide bonds. The first-order valence-corrected chi connectivity index (χ1v) is 7.62. The van der Waals surface area contributed by atoms with Crippen molar-refractivity contribution in [1.82, 2.24) is 0 Å². The highest BCUT2D eigenvalue weighted by atomic mass is 31.2. The Morgan fingerprint density at radius 2 is 2.14 bits per heavy atom. The van der Waals surface area contributed by atoms with Gasteiger partial charge in [0.2, 0.25) is 0 Å². The molecule has 10 nitrogen and oxygen atoms in total. The van der Waals surface area contributed by atoms with Gasteiger partial charge in [-0.3, -0.25) is 4.57 Å². The van der Waals surface area contributed by atoms with Crippen molar-refractivity contribution in [1.29, 1.82) is 0 Å². The fourth-order valence-electron chi connectivity index (χ4n) is 2.06. The van der Waals surface area contributed by atoms with Crippen LogP contribution < -0.4 is 9.46 Å². The summed E-state index contributed by atoms with van der Waals surface area (Å²) in [5, 5.41) is 28.7. The van der Waals surface area contributed by atoms with Crippen LogP contribution in [0.3, 0.4) is 0 Å². The number of carboxylic acid groups (broad SMARTS) is 1. The number of rotatable bonds is 5. The smallest absolute Gasteiger partial charge is 0.341 e. The fourth-order valence-corrected chi connectivity index (χ4v) is 2.39. The monoisotopic (exact) mass is 335 g/mol. The third-order valence-corrected chi connectivity index (χ3v) is 3.58. The van der Waals surface area contributed by atoms with Gasteiger partial charge in [-0.1, -0.05) is 0 Å². The van der Waals surface area contributed by atoms with Crippen LogP contribution in [0.25, 0.3) is 0 Å². The maximum Gasteiger partial charge on any atom is 0.341 e. The maximum absolute atomic E-state index is 10.9. The van der Waals surface area contributed by atoms with Gasteiger partial charge >= 0.3 is 5.97 Å². The highest BCUT2D eigenvalue weighted by Crippen LogP contribution is 2.33. The minimum atomic E-state index is -4.98. The van der Waals surface area contributed by atoms with Gasteiger partial charge in [0, 0.05) is 6.07 Å². The second kappa shape index (κ2) is 6.39. The molecule has 1 fully saturated rings. The first-order valence-electron chi connectivity index (χ1n) is 6.13. The van der Waals surface area contributed by atoms with Gasteiger partial charge in [0.15, 0.2) is 18.5 Å². The topological polar surface area (TPSA) is 160 Å². The summed E-state index contributed by atoms with van der Waals surface area (Å²) in [6, 6.07) is 2.74. The first kappa shape index (κ1) is 17.0. The number of pyridine rings is 1. The van der Waals surface area contributed by atoms with Crippen molar-refractivity contribution in [2.45, 2.75) is 24.5 Å². The maximum atomic E-state index is 10.9. The van der Waals surface area contributed by atoms with E-state index in [0.29, 0.717) is 0 Å². The number of hydrogen-bond donors (Lipinski definition) is 4. The Labute approximate surface area is 124 Å². The number of phosphoric ester groups is 1. The lowest BCUT2D eigenvalue weighted by molar-refractivity contribution is -0.765. The van der Waals surface area contributed by atoms with E-state index in [-0.39, 0.29) is 5.56 Å². The Morgan fingerprint density at radius 1 is 1.45 bits per heavy atom. The van der Waals surface area contributed by atoms with Crippen molar-refractivity contribution in [2.24, 2.45) is 0 Å². The van der Waals surface area contributed by atoms with Gasteiger partial charge in [0.25, 0.3) is 14.1 Å². The summed E-state index contributed by atoms with van der Waals surface area (Å²) in [7, 11) is -4.98. The molecule has 1 aromatic rings. The number of aromatic carboxylic acids is 1. The highest BCUT2D eigenvalue weighted by Gasteiger charge is 2.48. The van der Waals surface area contributed by atoms with Crippen LogP contribution in [0.15, 0.2) is 24.5 Å². The van der Waals surface area contributed by atoms with Gasteiger partial charge in [0.05, 0.1) is 6.61 Å². The van der Waals surface area contributed by atoms with E-state index in [1.807, 2.05) is 0 Å². The van der Waals surface area contributed by atoms with Gasteiger partial charge in [-0.25, -0.2) is 4.79 Å². The summed E-state index contributed by atoms with van der Waals surface area (Å²) in [6.07, 6.45) is -2.65. The molecule has 1 saturated heterocycles. The SMILES string of the molecule is O=C(O)c1ccc[n+]([C@@H]2O[C@H](COP(=O)([O-])O)C(O)[C@@H]2O)c1. The lowest BCUT2D eigenvalue weighted by Crippen LogP contribution is -2.46. The van der Waals surface area contributed by atoms with Crippen LogP contribution in [0.5, 0.6) is 0 Å². The van der Waals surface area contributed by atoms with Crippen molar-refractivity contribution in [2.75, 3.05) is 6.61 Å². The number of aliphatic hydroxyl groups is 2.